The molecule has 74 valence electrons. The van der Waals surface area contributed by atoms with Crippen LogP contribution in [0.15, 0.2) is 36.4 Å². The summed E-state index contributed by atoms with van der Waals surface area (Å²) in [6.07, 6.45) is 0. The molecule has 1 aromatic rings. The lowest BCUT2D eigenvalue weighted by molar-refractivity contribution is 0.109. The lowest BCUT2D eigenvalue weighted by Gasteiger charge is -2.10. The van der Waals surface area contributed by atoms with E-state index in [4.69, 9.17) is 4.74 Å². The van der Waals surface area contributed by atoms with Crippen molar-refractivity contribution in [1.82, 2.24) is 5.32 Å². The molecule has 0 aliphatic carbocycles. The summed E-state index contributed by atoms with van der Waals surface area (Å²) in [6, 6.07) is 12.0. The molecule has 0 spiro atoms. The Morgan fingerprint density at radius 1 is 0.769 bits per heavy atom. The molecule has 1 heterocycles. The van der Waals surface area contributed by atoms with Gasteiger partial charge in [0, 0.05) is 13.1 Å². The molecule has 1 saturated heterocycles. The van der Waals surface area contributed by atoms with E-state index in [9.17, 15) is 0 Å². The van der Waals surface area contributed by atoms with E-state index in [0.717, 1.165) is 26.3 Å². The molecule has 1 aliphatic rings. The SMILES string of the molecule is C1COCCN1.O.c1ccccc1. The molecule has 0 bridgehead atoms. The Morgan fingerprint density at radius 2 is 1.15 bits per heavy atom. The lowest BCUT2D eigenvalue weighted by atomic mass is 10.4. The van der Waals surface area contributed by atoms with Crippen LogP contribution >= 0.6 is 0 Å². The predicted molar refractivity (Wildman–Crippen MR) is 53.7 cm³/mol. The van der Waals surface area contributed by atoms with Crippen molar-refractivity contribution in [3.63, 3.8) is 0 Å². The van der Waals surface area contributed by atoms with Gasteiger partial charge in [0.15, 0.2) is 0 Å². The third kappa shape index (κ3) is 7.46. The molecule has 0 radical (unpaired) electrons. The first kappa shape index (κ1) is 12.1. The van der Waals surface area contributed by atoms with Crippen LogP contribution < -0.4 is 5.32 Å². The summed E-state index contributed by atoms with van der Waals surface area (Å²) < 4.78 is 5.01. The molecule has 1 fully saturated rings. The maximum atomic E-state index is 5.01. The van der Waals surface area contributed by atoms with E-state index in [-0.39, 0.29) is 5.48 Å². The topological polar surface area (TPSA) is 52.8 Å². The highest BCUT2D eigenvalue weighted by Crippen LogP contribution is 1.80. The number of morpholine rings is 1. The average molecular weight is 183 g/mol. The second kappa shape index (κ2) is 9.19. The summed E-state index contributed by atoms with van der Waals surface area (Å²) in [5.41, 5.74) is 0. The van der Waals surface area contributed by atoms with Crippen LogP contribution in [0.1, 0.15) is 0 Å². The van der Waals surface area contributed by atoms with Crippen molar-refractivity contribution < 1.29 is 10.2 Å². The van der Waals surface area contributed by atoms with Crippen molar-refractivity contribution in [2.75, 3.05) is 26.3 Å². The molecule has 2 rings (SSSR count). The molecule has 0 atom stereocenters. The number of rotatable bonds is 0. The van der Waals surface area contributed by atoms with Crippen molar-refractivity contribution in [3.8, 4) is 0 Å². The van der Waals surface area contributed by atoms with E-state index in [2.05, 4.69) is 5.32 Å². The molecule has 0 aromatic heterocycles. The highest BCUT2D eigenvalue weighted by Gasteiger charge is 1.92. The minimum Gasteiger partial charge on any atom is -0.412 e. The molecule has 0 unspecified atom stereocenters. The fraction of sp³-hybridized carbons (Fsp3) is 0.400. The van der Waals surface area contributed by atoms with Crippen LogP contribution in [-0.2, 0) is 4.74 Å². The Labute approximate surface area is 79.0 Å². The minimum absolute atomic E-state index is 0. The summed E-state index contributed by atoms with van der Waals surface area (Å²) >= 11 is 0. The molecule has 0 saturated carbocycles. The Hall–Kier alpha value is -0.900. The average Bonchev–Trinajstić information content (AvgIpc) is 2.24. The zero-order valence-corrected chi connectivity index (χ0v) is 7.70. The molecular weight excluding hydrogens is 166 g/mol. The Morgan fingerprint density at radius 3 is 1.31 bits per heavy atom. The number of ether oxygens (including phenoxy) is 1. The number of hydrogen-bond acceptors (Lipinski definition) is 2. The van der Waals surface area contributed by atoms with Gasteiger partial charge < -0.3 is 15.5 Å². The Kier molecular flexibility index (Phi) is 8.55. The quantitative estimate of drug-likeness (QED) is 0.635. The summed E-state index contributed by atoms with van der Waals surface area (Å²) in [4.78, 5) is 0. The molecule has 13 heavy (non-hydrogen) atoms. The lowest BCUT2D eigenvalue weighted by Crippen LogP contribution is -2.30. The fourth-order valence-electron chi connectivity index (χ4n) is 0.901. The van der Waals surface area contributed by atoms with Gasteiger partial charge >= 0.3 is 0 Å². The third-order valence-electron chi connectivity index (χ3n) is 1.51. The number of nitrogens with one attached hydrogen (secondary N) is 1. The van der Waals surface area contributed by atoms with Gasteiger partial charge in [0.25, 0.3) is 0 Å². The van der Waals surface area contributed by atoms with Crippen LogP contribution in [0.5, 0.6) is 0 Å². The number of benzene rings is 1. The van der Waals surface area contributed by atoms with Gasteiger partial charge in [-0.05, 0) is 0 Å². The zero-order chi connectivity index (χ0) is 8.49. The molecule has 3 N–H and O–H groups in total. The van der Waals surface area contributed by atoms with Gasteiger partial charge in [-0.1, -0.05) is 36.4 Å². The van der Waals surface area contributed by atoms with E-state index in [1.165, 1.54) is 0 Å². The molecule has 1 aromatic carbocycles. The van der Waals surface area contributed by atoms with Gasteiger partial charge in [0.05, 0.1) is 13.2 Å². The van der Waals surface area contributed by atoms with Crippen LogP contribution in [0.2, 0.25) is 0 Å². The summed E-state index contributed by atoms with van der Waals surface area (Å²) in [5, 5.41) is 3.16. The van der Waals surface area contributed by atoms with Crippen molar-refractivity contribution in [2.45, 2.75) is 0 Å². The van der Waals surface area contributed by atoms with Crippen molar-refractivity contribution in [3.05, 3.63) is 36.4 Å². The van der Waals surface area contributed by atoms with E-state index < -0.39 is 0 Å². The first-order valence-electron chi connectivity index (χ1n) is 4.28. The van der Waals surface area contributed by atoms with E-state index in [0.29, 0.717) is 0 Å². The first-order valence-corrected chi connectivity index (χ1v) is 4.28. The molecular formula is C10H17NO2. The van der Waals surface area contributed by atoms with E-state index in [1.54, 1.807) is 0 Å². The van der Waals surface area contributed by atoms with Gasteiger partial charge in [0.1, 0.15) is 0 Å². The summed E-state index contributed by atoms with van der Waals surface area (Å²) in [6.45, 7) is 3.83. The monoisotopic (exact) mass is 183 g/mol. The van der Waals surface area contributed by atoms with Crippen molar-refractivity contribution in [1.29, 1.82) is 0 Å². The van der Waals surface area contributed by atoms with Gasteiger partial charge in [0.2, 0.25) is 0 Å². The third-order valence-corrected chi connectivity index (χ3v) is 1.51. The number of hydrogen-bond donors (Lipinski definition) is 1. The van der Waals surface area contributed by atoms with Crippen LogP contribution in [0.3, 0.4) is 0 Å². The normalized spacial score (nSPS) is 14.8. The van der Waals surface area contributed by atoms with Gasteiger partial charge in [-0.25, -0.2) is 0 Å². The molecule has 3 heteroatoms. The second-order valence-electron chi connectivity index (χ2n) is 2.52. The summed E-state index contributed by atoms with van der Waals surface area (Å²) in [5.74, 6) is 0. The highest BCUT2D eigenvalue weighted by molar-refractivity contribution is 4.99. The highest BCUT2D eigenvalue weighted by atomic mass is 16.5. The van der Waals surface area contributed by atoms with Crippen LogP contribution in [0, 0.1) is 0 Å². The second-order valence-corrected chi connectivity index (χ2v) is 2.52. The van der Waals surface area contributed by atoms with Crippen LogP contribution in [-0.4, -0.2) is 31.8 Å². The van der Waals surface area contributed by atoms with Crippen molar-refractivity contribution in [2.24, 2.45) is 0 Å². The van der Waals surface area contributed by atoms with Gasteiger partial charge in [-0.2, -0.15) is 0 Å². The smallest absolute Gasteiger partial charge is 0.0591 e. The molecule has 3 nitrogen and oxygen atoms in total. The standard InChI is InChI=1S/C6H6.C4H9NO.H2O/c1-2-4-6-5-3-1;1-3-6-4-2-5-1;/h1-6H;5H,1-4H2;1H2. The molecule has 1 aliphatic heterocycles. The van der Waals surface area contributed by atoms with Crippen LogP contribution in [0.25, 0.3) is 0 Å². The summed E-state index contributed by atoms with van der Waals surface area (Å²) in [7, 11) is 0. The molecule has 0 amide bonds. The van der Waals surface area contributed by atoms with E-state index in [1.807, 2.05) is 36.4 Å². The zero-order valence-electron chi connectivity index (χ0n) is 7.70. The maximum absolute atomic E-state index is 5.01. The van der Waals surface area contributed by atoms with Crippen LogP contribution in [0.4, 0.5) is 0 Å². The van der Waals surface area contributed by atoms with Gasteiger partial charge in [-0.15, -0.1) is 0 Å². The predicted octanol–water partition coefficient (Wildman–Crippen LogP) is 0.468. The van der Waals surface area contributed by atoms with E-state index >= 15 is 0 Å². The minimum atomic E-state index is 0. The maximum Gasteiger partial charge on any atom is 0.0591 e. The largest absolute Gasteiger partial charge is 0.412 e. The Bertz CT molecular complexity index is 137. The van der Waals surface area contributed by atoms with Gasteiger partial charge in [-0.3, -0.25) is 0 Å². The fourth-order valence-corrected chi connectivity index (χ4v) is 0.901. The van der Waals surface area contributed by atoms with Crippen molar-refractivity contribution >= 4 is 0 Å². The first-order chi connectivity index (χ1) is 6.00. The Balaban J connectivity index is 0.000000206.